The maximum Gasteiger partial charge on any atom is 0.262 e. The van der Waals surface area contributed by atoms with Gasteiger partial charge in [-0.3, -0.25) is 4.79 Å². The van der Waals surface area contributed by atoms with Crippen LogP contribution in [0.4, 0.5) is 5.69 Å². The van der Waals surface area contributed by atoms with Gasteiger partial charge in [0.1, 0.15) is 11.5 Å². The monoisotopic (exact) mass is 299 g/mol. The van der Waals surface area contributed by atoms with E-state index in [-0.39, 0.29) is 12.5 Å². The predicted molar refractivity (Wildman–Crippen MR) is 87.7 cm³/mol. The van der Waals surface area contributed by atoms with E-state index in [0.29, 0.717) is 12.4 Å². The third-order valence-electron chi connectivity index (χ3n) is 3.25. The van der Waals surface area contributed by atoms with Crippen molar-refractivity contribution in [2.75, 3.05) is 18.5 Å². The summed E-state index contributed by atoms with van der Waals surface area (Å²) < 4.78 is 10.8. The van der Waals surface area contributed by atoms with Gasteiger partial charge in [0.2, 0.25) is 0 Å². The van der Waals surface area contributed by atoms with Crippen molar-refractivity contribution in [2.24, 2.45) is 0 Å². The molecule has 0 aliphatic heterocycles. The second-order valence-electron chi connectivity index (χ2n) is 5.01. The molecule has 2 aromatic rings. The van der Waals surface area contributed by atoms with Crippen LogP contribution in [0.25, 0.3) is 0 Å². The predicted octanol–water partition coefficient (Wildman–Crippen LogP) is 3.72. The van der Waals surface area contributed by atoms with Gasteiger partial charge >= 0.3 is 0 Å². The number of amides is 1. The van der Waals surface area contributed by atoms with Crippen molar-refractivity contribution in [2.45, 2.75) is 20.8 Å². The summed E-state index contributed by atoms with van der Waals surface area (Å²) in [5.74, 6) is 1.25. The maximum atomic E-state index is 12.0. The van der Waals surface area contributed by atoms with E-state index in [2.05, 4.69) is 5.32 Å². The Balaban J connectivity index is 1.90. The standard InChI is InChI=1S/C18H21NO3/c1-4-21-15-8-10-16(11-9-15)22-12-17(20)19-18-13(2)6-5-7-14(18)3/h5-11H,4,12H2,1-3H3,(H,19,20). The summed E-state index contributed by atoms with van der Waals surface area (Å²) in [7, 11) is 0. The van der Waals surface area contributed by atoms with Gasteiger partial charge in [-0.2, -0.15) is 0 Å². The van der Waals surface area contributed by atoms with E-state index in [4.69, 9.17) is 9.47 Å². The molecule has 0 saturated heterocycles. The van der Waals surface area contributed by atoms with E-state index in [1.807, 2.05) is 51.1 Å². The molecule has 22 heavy (non-hydrogen) atoms. The minimum Gasteiger partial charge on any atom is -0.494 e. The van der Waals surface area contributed by atoms with Crippen molar-refractivity contribution in [3.05, 3.63) is 53.6 Å². The largest absolute Gasteiger partial charge is 0.494 e. The Morgan fingerprint density at radius 3 is 2.05 bits per heavy atom. The molecule has 1 N–H and O–H groups in total. The molecule has 2 aromatic carbocycles. The summed E-state index contributed by atoms with van der Waals surface area (Å²) >= 11 is 0. The first-order valence-electron chi connectivity index (χ1n) is 7.32. The summed E-state index contributed by atoms with van der Waals surface area (Å²) in [5, 5.41) is 2.89. The van der Waals surface area contributed by atoms with Crippen molar-refractivity contribution < 1.29 is 14.3 Å². The molecule has 2 rings (SSSR count). The Morgan fingerprint density at radius 2 is 1.50 bits per heavy atom. The molecule has 0 saturated carbocycles. The number of carbonyl (C=O) groups excluding carboxylic acids is 1. The Bertz CT molecular complexity index is 615. The number of ether oxygens (including phenoxy) is 2. The molecule has 0 atom stereocenters. The second kappa shape index (κ2) is 7.50. The van der Waals surface area contributed by atoms with Crippen molar-refractivity contribution in [1.29, 1.82) is 0 Å². The number of rotatable bonds is 6. The molecule has 0 aliphatic rings. The topological polar surface area (TPSA) is 47.6 Å². The summed E-state index contributed by atoms with van der Waals surface area (Å²) in [6.45, 7) is 6.47. The quantitative estimate of drug-likeness (QED) is 0.884. The Labute approximate surface area is 131 Å². The Hall–Kier alpha value is -2.49. The molecule has 0 aromatic heterocycles. The molecule has 1 amide bonds. The van der Waals surface area contributed by atoms with Crippen LogP contribution in [0.15, 0.2) is 42.5 Å². The fourth-order valence-corrected chi connectivity index (χ4v) is 2.13. The summed E-state index contributed by atoms with van der Waals surface area (Å²) in [6.07, 6.45) is 0. The lowest BCUT2D eigenvalue weighted by atomic mass is 10.1. The lowest BCUT2D eigenvalue weighted by Crippen LogP contribution is -2.21. The summed E-state index contributed by atoms with van der Waals surface area (Å²) in [6, 6.07) is 13.1. The van der Waals surface area contributed by atoms with Gasteiger partial charge < -0.3 is 14.8 Å². The minimum absolute atomic E-state index is 0.0260. The molecule has 0 bridgehead atoms. The van der Waals surface area contributed by atoms with Crippen molar-refractivity contribution in [3.8, 4) is 11.5 Å². The lowest BCUT2D eigenvalue weighted by Gasteiger charge is -2.12. The molecule has 0 aliphatic carbocycles. The third-order valence-corrected chi connectivity index (χ3v) is 3.25. The number of hydrogen-bond acceptors (Lipinski definition) is 3. The van der Waals surface area contributed by atoms with Gasteiger partial charge in [0.25, 0.3) is 5.91 Å². The van der Waals surface area contributed by atoms with Crippen LogP contribution in [-0.2, 0) is 4.79 Å². The normalized spacial score (nSPS) is 10.1. The fraction of sp³-hybridized carbons (Fsp3) is 0.278. The van der Waals surface area contributed by atoms with Gasteiger partial charge in [0.15, 0.2) is 6.61 Å². The van der Waals surface area contributed by atoms with Gasteiger partial charge in [0.05, 0.1) is 6.61 Å². The van der Waals surface area contributed by atoms with Crippen LogP contribution in [0.2, 0.25) is 0 Å². The number of para-hydroxylation sites is 1. The molecule has 4 nitrogen and oxygen atoms in total. The maximum absolute atomic E-state index is 12.0. The Kier molecular flexibility index (Phi) is 5.42. The fourth-order valence-electron chi connectivity index (χ4n) is 2.13. The van der Waals surface area contributed by atoms with Crippen LogP contribution in [-0.4, -0.2) is 19.1 Å². The lowest BCUT2D eigenvalue weighted by molar-refractivity contribution is -0.118. The number of benzene rings is 2. The molecule has 0 fully saturated rings. The summed E-state index contributed by atoms with van der Waals surface area (Å²) in [4.78, 5) is 12.0. The molecule has 0 heterocycles. The first-order valence-corrected chi connectivity index (χ1v) is 7.32. The number of nitrogens with one attached hydrogen (secondary N) is 1. The van der Waals surface area contributed by atoms with E-state index in [9.17, 15) is 4.79 Å². The van der Waals surface area contributed by atoms with Gasteiger partial charge in [-0.15, -0.1) is 0 Å². The molecule has 4 heteroatoms. The molecule has 116 valence electrons. The van der Waals surface area contributed by atoms with Gasteiger partial charge in [-0.05, 0) is 56.2 Å². The van der Waals surface area contributed by atoms with E-state index >= 15 is 0 Å². The third kappa shape index (κ3) is 4.25. The van der Waals surface area contributed by atoms with Crippen LogP contribution >= 0.6 is 0 Å². The average molecular weight is 299 g/mol. The van der Waals surface area contributed by atoms with Crippen LogP contribution in [0, 0.1) is 13.8 Å². The summed E-state index contributed by atoms with van der Waals surface area (Å²) in [5.41, 5.74) is 2.92. The zero-order valence-corrected chi connectivity index (χ0v) is 13.2. The van der Waals surface area contributed by atoms with E-state index in [1.165, 1.54) is 0 Å². The molecule has 0 spiro atoms. The first-order chi connectivity index (χ1) is 10.6. The SMILES string of the molecule is CCOc1ccc(OCC(=O)Nc2c(C)cccc2C)cc1. The van der Waals surface area contributed by atoms with Crippen molar-refractivity contribution >= 4 is 11.6 Å². The highest BCUT2D eigenvalue weighted by Gasteiger charge is 2.08. The van der Waals surface area contributed by atoms with E-state index in [1.54, 1.807) is 12.1 Å². The zero-order valence-electron chi connectivity index (χ0n) is 13.2. The number of hydrogen-bond donors (Lipinski definition) is 1. The minimum atomic E-state index is -0.175. The average Bonchev–Trinajstić information content (AvgIpc) is 2.51. The highest BCUT2D eigenvalue weighted by atomic mass is 16.5. The van der Waals surface area contributed by atoms with Crippen LogP contribution < -0.4 is 14.8 Å². The van der Waals surface area contributed by atoms with Gasteiger partial charge in [-0.1, -0.05) is 18.2 Å². The number of anilines is 1. The van der Waals surface area contributed by atoms with Crippen LogP contribution in [0.1, 0.15) is 18.1 Å². The van der Waals surface area contributed by atoms with Crippen molar-refractivity contribution in [1.82, 2.24) is 0 Å². The number of carbonyl (C=O) groups is 1. The highest BCUT2D eigenvalue weighted by Crippen LogP contribution is 2.20. The molecular formula is C18H21NO3. The number of aryl methyl sites for hydroxylation is 2. The van der Waals surface area contributed by atoms with E-state index in [0.717, 1.165) is 22.6 Å². The van der Waals surface area contributed by atoms with Gasteiger partial charge in [-0.25, -0.2) is 0 Å². The second-order valence-corrected chi connectivity index (χ2v) is 5.01. The van der Waals surface area contributed by atoms with E-state index < -0.39 is 0 Å². The highest BCUT2D eigenvalue weighted by molar-refractivity contribution is 5.93. The zero-order chi connectivity index (χ0) is 15.9. The molecular weight excluding hydrogens is 278 g/mol. The van der Waals surface area contributed by atoms with Gasteiger partial charge in [0, 0.05) is 5.69 Å². The van der Waals surface area contributed by atoms with Crippen molar-refractivity contribution in [3.63, 3.8) is 0 Å². The van der Waals surface area contributed by atoms with Crippen LogP contribution in [0.3, 0.4) is 0 Å². The van der Waals surface area contributed by atoms with Crippen LogP contribution in [0.5, 0.6) is 11.5 Å². The molecule has 0 radical (unpaired) electrons. The molecule has 0 unspecified atom stereocenters. The first kappa shape index (κ1) is 15.9. The smallest absolute Gasteiger partial charge is 0.262 e. The Morgan fingerprint density at radius 1 is 0.955 bits per heavy atom.